The molecule has 0 saturated carbocycles. The fourth-order valence-corrected chi connectivity index (χ4v) is 3.00. The maximum atomic E-state index is 12.1. The van der Waals surface area contributed by atoms with Crippen molar-refractivity contribution < 1.29 is 14.3 Å². The highest BCUT2D eigenvalue weighted by atomic mass is 16.5. The van der Waals surface area contributed by atoms with Crippen molar-refractivity contribution in [2.45, 2.75) is 38.8 Å². The van der Waals surface area contributed by atoms with Crippen LogP contribution >= 0.6 is 0 Å². The Morgan fingerprint density at radius 1 is 1.38 bits per heavy atom. The van der Waals surface area contributed by atoms with Gasteiger partial charge in [0, 0.05) is 25.2 Å². The summed E-state index contributed by atoms with van der Waals surface area (Å²) < 4.78 is 13.0. The molecular weight excluding hydrogens is 306 g/mol. The lowest BCUT2D eigenvalue weighted by molar-refractivity contribution is -0.122. The quantitative estimate of drug-likeness (QED) is 0.881. The highest BCUT2D eigenvalue weighted by Crippen LogP contribution is 2.25. The van der Waals surface area contributed by atoms with Crippen LogP contribution in [0.3, 0.4) is 0 Å². The monoisotopic (exact) mass is 329 g/mol. The van der Waals surface area contributed by atoms with E-state index in [9.17, 15) is 4.79 Å². The third-order valence-electron chi connectivity index (χ3n) is 4.13. The van der Waals surface area contributed by atoms with E-state index >= 15 is 0 Å². The minimum Gasteiger partial charge on any atom is -0.493 e. The molecule has 128 valence electrons. The Morgan fingerprint density at radius 3 is 2.96 bits per heavy atom. The van der Waals surface area contributed by atoms with Crippen molar-refractivity contribution in [3.8, 4) is 11.5 Å². The van der Waals surface area contributed by atoms with E-state index in [1.165, 1.54) is 0 Å². The number of hydrogen-bond acceptors (Lipinski definition) is 4. The van der Waals surface area contributed by atoms with Gasteiger partial charge in [0.05, 0.1) is 25.8 Å². The van der Waals surface area contributed by atoms with E-state index in [1.807, 2.05) is 37.4 Å². The van der Waals surface area contributed by atoms with Crippen LogP contribution in [-0.2, 0) is 17.8 Å². The van der Waals surface area contributed by atoms with Crippen LogP contribution in [0.15, 0.2) is 30.5 Å². The van der Waals surface area contributed by atoms with Crippen LogP contribution in [0.5, 0.6) is 11.5 Å². The molecular formula is C18H23N3O3. The third kappa shape index (κ3) is 3.88. The Balaban J connectivity index is 1.45. The third-order valence-corrected chi connectivity index (χ3v) is 4.13. The van der Waals surface area contributed by atoms with Gasteiger partial charge >= 0.3 is 0 Å². The molecule has 3 rings (SSSR count). The van der Waals surface area contributed by atoms with Crippen LogP contribution in [-0.4, -0.2) is 35.2 Å². The molecule has 1 amide bonds. The number of methoxy groups -OCH3 is 1. The van der Waals surface area contributed by atoms with Gasteiger partial charge < -0.3 is 19.4 Å². The average Bonchev–Trinajstić information content (AvgIpc) is 2.94. The summed E-state index contributed by atoms with van der Waals surface area (Å²) in [6.07, 6.45) is 4.19. The lowest BCUT2D eigenvalue weighted by Crippen LogP contribution is -2.41. The summed E-state index contributed by atoms with van der Waals surface area (Å²) in [7, 11) is 1.60. The van der Waals surface area contributed by atoms with E-state index in [2.05, 4.69) is 14.9 Å². The summed E-state index contributed by atoms with van der Waals surface area (Å²) in [5.74, 6) is 2.45. The van der Waals surface area contributed by atoms with E-state index in [0.717, 1.165) is 30.9 Å². The molecule has 1 aliphatic heterocycles. The lowest BCUT2D eigenvalue weighted by Gasteiger charge is -2.24. The Morgan fingerprint density at radius 2 is 2.17 bits per heavy atom. The van der Waals surface area contributed by atoms with Gasteiger partial charge in [0.2, 0.25) is 5.91 Å². The van der Waals surface area contributed by atoms with Crippen LogP contribution in [0.1, 0.15) is 24.4 Å². The van der Waals surface area contributed by atoms with Crippen molar-refractivity contribution in [3.05, 3.63) is 42.0 Å². The molecule has 1 N–H and O–H groups in total. The molecule has 0 radical (unpaired) electrons. The van der Waals surface area contributed by atoms with Gasteiger partial charge in [-0.25, -0.2) is 4.98 Å². The Kier molecular flexibility index (Phi) is 5.03. The zero-order valence-corrected chi connectivity index (χ0v) is 14.1. The highest BCUT2D eigenvalue weighted by Gasteiger charge is 2.21. The molecule has 0 unspecified atom stereocenters. The standard InChI is InChI=1S/C18H23N3O3/c1-13-11-21-12-14(7-8-17(21)19-13)20-18(22)9-10-24-16-6-4-3-5-15(16)23-2/h3-6,11,14H,7-10,12H2,1-2H3,(H,20,22)/t14-/m1/s1. The molecule has 24 heavy (non-hydrogen) atoms. The van der Waals surface area contributed by atoms with Gasteiger partial charge in [-0.05, 0) is 25.5 Å². The summed E-state index contributed by atoms with van der Waals surface area (Å²) in [4.78, 5) is 16.6. The highest BCUT2D eigenvalue weighted by molar-refractivity contribution is 5.76. The number of para-hydroxylation sites is 2. The van der Waals surface area contributed by atoms with Crippen LogP contribution in [0.25, 0.3) is 0 Å². The molecule has 6 nitrogen and oxygen atoms in total. The van der Waals surface area contributed by atoms with Crippen LogP contribution in [0.2, 0.25) is 0 Å². The van der Waals surface area contributed by atoms with Crippen molar-refractivity contribution >= 4 is 5.91 Å². The number of imidazole rings is 1. The topological polar surface area (TPSA) is 65.4 Å². The number of aromatic nitrogens is 2. The van der Waals surface area contributed by atoms with Gasteiger partial charge in [-0.2, -0.15) is 0 Å². The number of nitrogens with zero attached hydrogens (tertiary/aromatic N) is 2. The first-order valence-electron chi connectivity index (χ1n) is 8.23. The smallest absolute Gasteiger partial charge is 0.223 e. The van der Waals surface area contributed by atoms with Crippen molar-refractivity contribution in [1.82, 2.24) is 14.9 Å². The number of nitrogens with one attached hydrogen (secondary N) is 1. The number of carbonyl (C=O) groups is 1. The van der Waals surface area contributed by atoms with Crippen molar-refractivity contribution in [2.24, 2.45) is 0 Å². The number of ether oxygens (including phenoxy) is 2. The number of rotatable bonds is 6. The summed E-state index contributed by atoms with van der Waals surface area (Å²) in [5, 5.41) is 3.09. The molecule has 0 aliphatic carbocycles. The lowest BCUT2D eigenvalue weighted by atomic mass is 10.1. The largest absolute Gasteiger partial charge is 0.493 e. The molecule has 1 aromatic heterocycles. The maximum absolute atomic E-state index is 12.1. The first-order valence-corrected chi connectivity index (χ1v) is 8.23. The van der Waals surface area contributed by atoms with Crippen LogP contribution < -0.4 is 14.8 Å². The molecule has 0 fully saturated rings. The fraction of sp³-hybridized carbons (Fsp3) is 0.444. The summed E-state index contributed by atoms with van der Waals surface area (Å²) in [6, 6.07) is 7.59. The van der Waals surface area contributed by atoms with Crippen LogP contribution in [0, 0.1) is 6.92 Å². The van der Waals surface area contributed by atoms with Crippen molar-refractivity contribution in [1.29, 1.82) is 0 Å². The minimum atomic E-state index is 0.00943. The SMILES string of the molecule is COc1ccccc1OCCC(=O)N[C@@H]1CCc2nc(C)cn2C1. The Labute approximate surface area is 141 Å². The minimum absolute atomic E-state index is 0.00943. The first-order chi connectivity index (χ1) is 11.7. The van der Waals surface area contributed by atoms with E-state index in [1.54, 1.807) is 7.11 Å². The molecule has 1 atom stereocenters. The molecule has 0 saturated heterocycles. The fourth-order valence-electron chi connectivity index (χ4n) is 3.00. The summed E-state index contributed by atoms with van der Waals surface area (Å²) >= 11 is 0. The van der Waals surface area contributed by atoms with E-state index in [0.29, 0.717) is 24.5 Å². The van der Waals surface area contributed by atoms with Crippen LogP contribution in [0.4, 0.5) is 0 Å². The molecule has 2 heterocycles. The zero-order valence-electron chi connectivity index (χ0n) is 14.1. The van der Waals surface area contributed by atoms with Crippen molar-refractivity contribution in [3.63, 3.8) is 0 Å². The number of carbonyl (C=O) groups excluding carboxylic acids is 1. The Bertz CT molecular complexity index is 711. The second kappa shape index (κ2) is 7.38. The predicted octanol–water partition coefficient (Wildman–Crippen LogP) is 2.10. The van der Waals surface area contributed by atoms with Gasteiger partial charge in [-0.15, -0.1) is 0 Å². The van der Waals surface area contributed by atoms with E-state index in [-0.39, 0.29) is 11.9 Å². The van der Waals surface area contributed by atoms with E-state index < -0.39 is 0 Å². The normalized spacial score (nSPS) is 16.3. The number of hydrogen-bond donors (Lipinski definition) is 1. The second-order valence-electron chi connectivity index (χ2n) is 6.00. The van der Waals surface area contributed by atoms with Gasteiger partial charge in [0.1, 0.15) is 5.82 Å². The number of amides is 1. The van der Waals surface area contributed by atoms with E-state index in [4.69, 9.17) is 9.47 Å². The molecule has 2 aromatic rings. The number of aryl methyl sites for hydroxylation is 2. The van der Waals surface area contributed by atoms with Gasteiger partial charge in [0.15, 0.2) is 11.5 Å². The first kappa shape index (κ1) is 16.4. The van der Waals surface area contributed by atoms with Gasteiger partial charge in [-0.3, -0.25) is 4.79 Å². The molecule has 0 spiro atoms. The van der Waals surface area contributed by atoms with Gasteiger partial charge in [-0.1, -0.05) is 12.1 Å². The second-order valence-corrected chi connectivity index (χ2v) is 6.00. The number of benzene rings is 1. The average molecular weight is 329 g/mol. The summed E-state index contributed by atoms with van der Waals surface area (Å²) in [5.41, 5.74) is 1.03. The Hall–Kier alpha value is -2.50. The van der Waals surface area contributed by atoms with Crippen molar-refractivity contribution in [2.75, 3.05) is 13.7 Å². The summed E-state index contributed by atoms with van der Waals surface area (Å²) in [6.45, 7) is 3.11. The molecule has 6 heteroatoms. The predicted molar refractivity (Wildman–Crippen MR) is 90.3 cm³/mol. The molecule has 1 aliphatic rings. The number of fused-ring (bicyclic) bond motifs is 1. The molecule has 0 bridgehead atoms. The molecule has 1 aromatic carbocycles. The zero-order chi connectivity index (χ0) is 16.9. The maximum Gasteiger partial charge on any atom is 0.223 e. The van der Waals surface area contributed by atoms with Gasteiger partial charge in [0.25, 0.3) is 0 Å².